The van der Waals surface area contributed by atoms with Gasteiger partial charge < -0.3 is 15.0 Å². The number of amides is 2. The Hall–Kier alpha value is -2.82. The van der Waals surface area contributed by atoms with Gasteiger partial charge in [-0.15, -0.1) is 0 Å². The molecule has 1 heterocycles. The Kier molecular flexibility index (Phi) is 3.78. The maximum Gasteiger partial charge on any atom is 0.267 e. The van der Waals surface area contributed by atoms with Crippen LogP contribution in [-0.2, 0) is 4.79 Å². The van der Waals surface area contributed by atoms with Crippen LogP contribution in [0.25, 0.3) is 0 Å². The van der Waals surface area contributed by atoms with Gasteiger partial charge in [0.05, 0.1) is 5.69 Å². The zero-order chi connectivity index (χ0) is 16.6. The van der Waals surface area contributed by atoms with Crippen molar-refractivity contribution in [2.24, 2.45) is 0 Å². The Morgan fingerprint density at radius 2 is 2.00 bits per heavy atom. The first-order chi connectivity index (χ1) is 11.0. The molecule has 23 heavy (non-hydrogen) atoms. The van der Waals surface area contributed by atoms with E-state index in [4.69, 9.17) is 4.74 Å². The second-order valence-corrected chi connectivity index (χ2v) is 5.66. The fourth-order valence-electron chi connectivity index (χ4n) is 2.58. The molecule has 5 heteroatoms. The van der Waals surface area contributed by atoms with Crippen LogP contribution in [0, 0.1) is 6.92 Å². The van der Waals surface area contributed by atoms with E-state index < -0.39 is 6.10 Å². The third-order valence-electron chi connectivity index (χ3n) is 3.84. The molecule has 1 aliphatic rings. The highest BCUT2D eigenvalue weighted by Crippen LogP contribution is 2.34. The normalized spacial score (nSPS) is 16.6. The predicted molar refractivity (Wildman–Crippen MR) is 89.1 cm³/mol. The number of anilines is 2. The molecule has 3 rings (SSSR count). The maximum atomic E-state index is 12.4. The molecule has 2 aromatic carbocycles. The Morgan fingerprint density at radius 1 is 1.22 bits per heavy atom. The summed E-state index contributed by atoms with van der Waals surface area (Å²) >= 11 is 0. The molecule has 0 aromatic heterocycles. The molecular formula is C18H18N2O3. The average molecular weight is 310 g/mol. The second-order valence-electron chi connectivity index (χ2n) is 5.66. The van der Waals surface area contributed by atoms with Gasteiger partial charge in [0, 0.05) is 18.3 Å². The number of nitrogens with one attached hydrogen (secondary N) is 1. The maximum absolute atomic E-state index is 12.4. The Bertz CT molecular complexity index is 786. The zero-order valence-electron chi connectivity index (χ0n) is 13.3. The molecular weight excluding hydrogens is 292 g/mol. The molecule has 2 amide bonds. The quantitative estimate of drug-likeness (QED) is 0.927. The number of carbonyl (C=O) groups is 2. The molecule has 118 valence electrons. The van der Waals surface area contributed by atoms with Crippen LogP contribution in [0.2, 0.25) is 0 Å². The summed E-state index contributed by atoms with van der Waals surface area (Å²) in [5.74, 6) is 0.248. The van der Waals surface area contributed by atoms with Crippen LogP contribution < -0.4 is 15.0 Å². The van der Waals surface area contributed by atoms with E-state index in [1.54, 1.807) is 32.2 Å². The standard InChI is InChI=1S/C18H18N2O3/c1-11-5-4-6-14(9-11)19-17(21)13-7-8-16-15(10-13)20(3)18(22)12(2)23-16/h4-10,12H,1-3H3,(H,19,21). The summed E-state index contributed by atoms with van der Waals surface area (Å²) < 4.78 is 5.56. The molecule has 1 aliphatic heterocycles. The van der Waals surface area contributed by atoms with Crippen LogP contribution in [0.3, 0.4) is 0 Å². The van der Waals surface area contributed by atoms with Crippen LogP contribution in [-0.4, -0.2) is 25.0 Å². The Balaban J connectivity index is 1.87. The summed E-state index contributed by atoms with van der Waals surface area (Å²) in [4.78, 5) is 25.9. The zero-order valence-corrected chi connectivity index (χ0v) is 13.3. The molecule has 0 radical (unpaired) electrons. The predicted octanol–water partition coefficient (Wildman–Crippen LogP) is 2.99. The van der Waals surface area contributed by atoms with Crippen molar-refractivity contribution < 1.29 is 14.3 Å². The molecule has 0 saturated heterocycles. The van der Waals surface area contributed by atoms with Gasteiger partial charge >= 0.3 is 0 Å². The Morgan fingerprint density at radius 3 is 2.74 bits per heavy atom. The molecule has 5 nitrogen and oxygen atoms in total. The van der Waals surface area contributed by atoms with E-state index in [1.165, 1.54) is 4.90 Å². The van der Waals surface area contributed by atoms with Crippen LogP contribution in [0.15, 0.2) is 42.5 Å². The third kappa shape index (κ3) is 2.90. The number of rotatable bonds is 2. The van der Waals surface area contributed by atoms with Gasteiger partial charge in [-0.05, 0) is 49.7 Å². The van der Waals surface area contributed by atoms with E-state index in [-0.39, 0.29) is 11.8 Å². The molecule has 0 bridgehead atoms. The minimum Gasteiger partial charge on any atom is -0.479 e. The number of carbonyl (C=O) groups excluding carboxylic acids is 2. The van der Waals surface area contributed by atoms with E-state index in [0.29, 0.717) is 17.0 Å². The summed E-state index contributed by atoms with van der Waals surface area (Å²) in [6.45, 7) is 3.67. The topological polar surface area (TPSA) is 58.6 Å². The van der Waals surface area contributed by atoms with Gasteiger partial charge in [0.25, 0.3) is 11.8 Å². The van der Waals surface area contributed by atoms with Crippen molar-refractivity contribution in [2.75, 3.05) is 17.3 Å². The van der Waals surface area contributed by atoms with Gasteiger partial charge in [-0.25, -0.2) is 0 Å². The van der Waals surface area contributed by atoms with Crippen LogP contribution in [0.1, 0.15) is 22.8 Å². The van der Waals surface area contributed by atoms with E-state index >= 15 is 0 Å². The van der Waals surface area contributed by atoms with Crippen molar-refractivity contribution >= 4 is 23.2 Å². The first-order valence-corrected chi connectivity index (χ1v) is 7.42. The van der Waals surface area contributed by atoms with Gasteiger partial charge in [-0.3, -0.25) is 9.59 Å². The summed E-state index contributed by atoms with van der Waals surface area (Å²) in [6, 6.07) is 12.7. The molecule has 0 spiro atoms. The first-order valence-electron chi connectivity index (χ1n) is 7.42. The van der Waals surface area contributed by atoms with Crippen LogP contribution in [0.5, 0.6) is 5.75 Å². The summed E-state index contributed by atoms with van der Waals surface area (Å²) in [5, 5.41) is 2.86. The molecule has 0 aliphatic carbocycles. The minimum atomic E-state index is -0.514. The highest BCUT2D eigenvalue weighted by Gasteiger charge is 2.29. The van der Waals surface area contributed by atoms with Gasteiger partial charge in [0.1, 0.15) is 5.75 Å². The van der Waals surface area contributed by atoms with Gasteiger partial charge in [-0.2, -0.15) is 0 Å². The molecule has 0 saturated carbocycles. The van der Waals surface area contributed by atoms with Gasteiger partial charge in [0.15, 0.2) is 6.10 Å². The number of ether oxygens (including phenoxy) is 1. The minimum absolute atomic E-state index is 0.131. The molecule has 2 aromatic rings. The molecule has 1 atom stereocenters. The van der Waals surface area contributed by atoms with E-state index in [1.807, 2.05) is 31.2 Å². The van der Waals surface area contributed by atoms with Crippen molar-refractivity contribution in [3.63, 3.8) is 0 Å². The number of nitrogens with zero attached hydrogens (tertiary/aromatic N) is 1. The lowest BCUT2D eigenvalue weighted by Crippen LogP contribution is -2.42. The van der Waals surface area contributed by atoms with E-state index in [0.717, 1.165) is 11.3 Å². The largest absolute Gasteiger partial charge is 0.479 e. The molecule has 0 fully saturated rings. The summed E-state index contributed by atoms with van der Waals surface area (Å²) in [7, 11) is 1.68. The Labute approximate surface area is 134 Å². The van der Waals surface area contributed by atoms with Crippen molar-refractivity contribution in [1.29, 1.82) is 0 Å². The third-order valence-corrected chi connectivity index (χ3v) is 3.84. The van der Waals surface area contributed by atoms with Crippen molar-refractivity contribution in [3.05, 3.63) is 53.6 Å². The van der Waals surface area contributed by atoms with Gasteiger partial charge in [0.2, 0.25) is 0 Å². The second kappa shape index (κ2) is 5.76. The van der Waals surface area contributed by atoms with Gasteiger partial charge in [-0.1, -0.05) is 12.1 Å². The van der Waals surface area contributed by atoms with Crippen molar-refractivity contribution in [2.45, 2.75) is 20.0 Å². The lowest BCUT2D eigenvalue weighted by molar-refractivity contribution is -0.125. The monoisotopic (exact) mass is 310 g/mol. The highest BCUT2D eigenvalue weighted by atomic mass is 16.5. The van der Waals surface area contributed by atoms with Crippen molar-refractivity contribution in [1.82, 2.24) is 0 Å². The van der Waals surface area contributed by atoms with E-state index in [2.05, 4.69) is 5.32 Å². The number of aryl methyl sites for hydroxylation is 1. The number of hydrogen-bond acceptors (Lipinski definition) is 3. The van der Waals surface area contributed by atoms with Crippen LogP contribution >= 0.6 is 0 Å². The number of hydrogen-bond donors (Lipinski definition) is 1. The highest BCUT2D eigenvalue weighted by molar-refractivity contribution is 6.06. The average Bonchev–Trinajstić information content (AvgIpc) is 2.52. The lowest BCUT2D eigenvalue weighted by atomic mass is 10.1. The lowest BCUT2D eigenvalue weighted by Gasteiger charge is -2.30. The number of likely N-dealkylation sites (N-methyl/N-ethyl adjacent to an activating group) is 1. The molecule has 1 unspecified atom stereocenters. The van der Waals surface area contributed by atoms with Crippen LogP contribution in [0.4, 0.5) is 11.4 Å². The number of benzene rings is 2. The number of fused-ring (bicyclic) bond motifs is 1. The smallest absolute Gasteiger partial charge is 0.267 e. The molecule has 1 N–H and O–H groups in total. The summed E-state index contributed by atoms with van der Waals surface area (Å²) in [6.07, 6.45) is -0.514. The van der Waals surface area contributed by atoms with Crippen molar-refractivity contribution in [3.8, 4) is 5.75 Å². The van der Waals surface area contributed by atoms with E-state index in [9.17, 15) is 9.59 Å². The summed E-state index contributed by atoms with van der Waals surface area (Å²) in [5.41, 5.74) is 2.89. The first kappa shape index (κ1) is 15.1. The fourth-order valence-corrected chi connectivity index (χ4v) is 2.58. The fraction of sp³-hybridized carbons (Fsp3) is 0.222. The SMILES string of the molecule is Cc1cccc(NC(=O)c2ccc3c(c2)N(C)C(=O)C(C)O3)c1.